The van der Waals surface area contributed by atoms with Crippen LogP contribution < -0.4 is 15.0 Å². The molecule has 0 unspecified atom stereocenters. The molecule has 1 fully saturated rings. The summed E-state index contributed by atoms with van der Waals surface area (Å²) in [4.78, 5) is 46.1. The van der Waals surface area contributed by atoms with E-state index in [4.69, 9.17) is 21.7 Å². The maximum Gasteiger partial charge on any atom is 0.338 e. The summed E-state index contributed by atoms with van der Waals surface area (Å²) in [5, 5.41) is 3.10. The molecule has 1 aromatic heterocycles. The van der Waals surface area contributed by atoms with Gasteiger partial charge in [-0.3, -0.25) is 19.5 Å². The predicted molar refractivity (Wildman–Crippen MR) is 147 cm³/mol. The smallest absolute Gasteiger partial charge is 0.338 e. The van der Waals surface area contributed by atoms with Crippen molar-refractivity contribution in [2.75, 3.05) is 23.4 Å². The van der Waals surface area contributed by atoms with E-state index in [0.717, 1.165) is 0 Å². The highest BCUT2D eigenvalue weighted by Crippen LogP contribution is 2.29. The number of benzene rings is 2. The highest BCUT2D eigenvalue weighted by molar-refractivity contribution is 7.80. The molecule has 0 aliphatic carbocycles. The first kappa shape index (κ1) is 26.7. The van der Waals surface area contributed by atoms with Gasteiger partial charge in [0.25, 0.3) is 5.91 Å². The summed E-state index contributed by atoms with van der Waals surface area (Å²) in [5.74, 6) is -0.416. The zero-order valence-corrected chi connectivity index (χ0v) is 21.9. The summed E-state index contributed by atoms with van der Waals surface area (Å²) in [6, 6.07) is 18.1. The SMILES string of the molecule is CCOC(=O)c1ccc(N2C(=O)[C@@H](CC(=O)Nc3ccc(OCC)cc3)N(Cc3ccccn3)C2=S)cc1. The van der Waals surface area contributed by atoms with Crippen LogP contribution >= 0.6 is 12.2 Å². The van der Waals surface area contributed by atoms with E-state index >= 15 is 0 Å². The van der Waals surface area contributed by atoms with Crippen molar-refractivity contribution in [2.45, 2.75) is 32.9 Å². The maximum absolute atomic E-state index is 13.6. The van der Waals surface area contributed by atoms with E-state index in [2.05, 4.69) is 10.3 Å². The van der Waals surface area contributed by atoms with Crippen molar-refractivity contribution in [1.82, 2.24) is 9.88 Å². The van der Waals surface area contributed by atoms with E-state index in [9.17, 15) is 14.4 Å². The second-order valence-corrected chi connectivity index (χ2v) is 8.76. The van der Waals surface area contributed by atoms with Crippen LogP contribution in [0, 0.1) is 0 Å². The molecule has 2 aromatic carbocycles. The minimum Gasteiger partial charge on any atom is -0.494 e. The van der Waals surface area contributed by atoms with Crippen molar-refractivity contribution in [2.24, 2.45) is 0 Å². The lowest BCUT2D eigenvalue weighted by Gasteiger charge is -2.23. The van der Waals surface area contributed by atoms with Gasteiger partial charge >= 0.3 is 5.97 Å². The fraction of sp³-hybridized carbons (Fsp3) is 0.250. The molecule has 4 rings (SSSR count). The Morgan fingerprint density at radius 3 is 2.37 bits per heavy atom. The minimum absolute atomic E-state index is 0.115. The van der Waals surface area contributed by atoms with Gasteiger partial charge < -0.3 is 19.7 Å². The molecule has 38 heavy (non-hydrogen) atoms. The first-order chi connectivity index (χ1) is 18.4. The quantitative estimate of drug-likeness (QED) is 0.307. The van der Waals surface area contributed by atoms with Crippen molar-refractivity contribution in [1.29, 1.82) is 0 Å². The number of ether oxygens (including phenoxy) is 2. The number of hydrogen-bond acceptors (Lipinski definition) is 7. The molecule has 0 spiro atoms. The second-order valence-electron chi connectivity index (χ2n) is 8.40. The first-order valence-electron chi connectivity index (χ1n) is 12.3. The number of nitrogens with one attached hydrogen (secondary N) is 1. The predicted octanol–water partition coefficient (Wildman–Crippen LogP) is 4.19. The lowest BCUT2D eigenvalue weighted by Crippen LogP contribution is -2.37. The van der Waals surface area contributed by atoms with Gasteiger partial charge in [0.15, 0.2) is 5.11 Å². The van der Waals surface area contributed by atoms with Gasteiger partial charge in [0, 0.05) is 11.9 Å². The van der Waals surface area contributed by atoms with Gasteiger partial charge in [-0.2, -0.15) is 0 Å². The molecule has 0 bridgehead atoms. The summed E-state index contributed by atoms with van der Waals surface area (Å²) in [6.45, 7) is 4.69. The number of hydrogen-bond donors (Lipinski definition) is 1. The molecule has 9 nitrogen and oxygen atoms in total. The molecule has 3 aromatic rings. The number of rotatable bonds is 10. The normalized spacial score (nSPS) is 14.9. The number of aromatic nitrogens is 1. The number of anilines is 2. The lowest BCUT2D eigenvalue weighted by molar-refractivity contribution is -0.124. The Hall–Kier alpha value is -4.31. The van der Waals surface area contributed by atoms with Gasteiger partial charge in [0.1, 0.15) is 11.8 Å². The lowest BCUT2D eigenvalue weighted by atomic mass is 10.1. The third-order valence-electron chi connectivity index (χ3n) is 5.84. The van der Waals surface area contributed by atoms with E-state index in [0.29, 0.717) is 35.0 Å². The average Bonchev–Trinajstić information content (AvgIpc) is 3.14. The van der Waals surface area contributed by atoms with Gasteiger partial charge in [-0.15, -0.1) is 0 Å². The Bertz CT molecular complexity index is 1300. The third kappa shape index (κ3) is 6.15. The molecule has 0 radical (unpaired) electrons. The molecule has 196 valence electrons. The maximum atomic E-state index is 13.6. The summed E-state index contributed by atoms with van der Waals surface area (Å²) in [6.07, 6.45) is 1.55. The molecule has 2 amide bonds. The summed E-state index contributed by atoms with van der Waals surface area (Å²) >= 11 is 5.71. The Balaban J connectivity index is 1.55. The van der Waals surface area contributed by atoms with Crippen molar-refractivity contribution >= 4 is 46.5 Å². The molecule has 0 saturated carbocycles. The van der Waals surface area contributed by atoms with E-state index < -0.39 is 12.0 Å². The molecule has 1 atom stereocenters. The molecule has 1 saturated heterocycles. The van der Waals surface area contributed by atoms with Crippen LogP contribution in [0.25, 0.3) is 0 Å². The highest BCUT2D eigenvalue weighted by atomic mass is 32.1. The van der Waals surface area contributed by atoms with Crippen LogP contribution in [-0.4, -0.2) is 52.0 Å². The number of pyridine rings is 1. The number of thiocarbonyl (C=S) groups is 1. The monoisotopic (exact) mass is 532 g/mol. The number of esters is 1. The van der Waals surface area contributed by atoms with Crippen molar-refractivity contribution < 1.29 is 23.9 Å². The van der Waals surface area contributed by atoms with Gasteiger partial charge in [0.05, 0.1) is 43.1 Å². The van der Waals surface area contributed by atoms with E-state index in [-0.39, 0.29) is 36.5 Å². The molecular formula is C28H28N4O5S. The Morgan fingerprint density at radius 2 is 1.74 bits per heavy atom. The Morgan fingerprint density at radius 1 is 1.00 bits per heavy atom. The van der Waals surface area contributed by atoms with Gasteiger partial charge in [0.2, 0.25) is 5.91 Å². The fourth-order valence-corrected chi connectivity index (χ4v) is 4.45. The van der Waals surface area contributed by atoms with Gasteiger partial charge in [-0.1, -0.05) is 6.07 Å². The topological polar surface area (TPSA) is 101 Å². The zero-order valence-electron chi connectivity index (χ0n) is 21.1. The summed E-state index contributed by atoms with van der Waals surface area (Å²) in [5.41, 5.74) is 2.16. The molecule has 1 aliphatic heterocycles. The van der Waals surface area contributed by atoms with Crippen LogP contribution in [-0.2, 0) is 20.9 Å². The Kier molecular flexibility index (Phi) is 8.65. The number of nitrogens with zero attached hydrogens (tertiary/aromatic N) is 3. The molecule has 1 aliphatic rings. The average molecular weight is 533 g/mol. The van der Waals surface area contributed by atoms with Crippen LogP contribution in [0.4, 0.5) is 11.4 Å². The van der Waals surface area contributed by atoms with Crippen LogP contribution in [0.2, 0.25) is 0 Å². The molecule has 1 N–H and O–H groups in total. The van der Waals surface area contributed by atoms with Crippen LogP contribution in [0.3, 0.4) is 0 Å². The van der Waals surface area contributed by atoms with Crippen molar-refractivity contribution in [3.05, 3.63) is 84.2 Å². The van der Waals surface area contributed by atoms with Crippen molar-refractivity contribution in [3.63, 3.8) is 0 Å². The summed E-state index contributed by atoms with van der Waals surface area (Å²) < 4.78 is 10.5. The number of amides is 2. The van der Waals surface area contributed by atoms with Crippen molar-refractivity contribution in [3.8, 4) is 5.75 Å². The largest absolute Gasteiger partial charge is 0.494 e. The number of carbonyl (C=O) groups is 3. The van der Waals surface area contributed by atoms with E-state index in [1.165, 1.54) is 4.90 Å². The van der Waals surface area contributed by atoms with Gasteiger partial charge in [-0.05, 0) is 86.7 Å². The minimum atomic E-state index is -0.836. The third-order valence-corrected chi connectivity index (χ3v) is 6.26. The Labute approximate surface area is 226 Å². The van der Waals surface area contributed by atoms with Crippen LogP contribution in [0.5, 0.6) is 5.75 Å². The first-order valence-corrected chi connectivity index (χ1v) is 12.7. The molecule has 2 heterocycles. The standard InChI is InChI=1S/C28H28N4O5S/c1-3-36-23-14-10-20(11-15-23)30-25(33)17-24-26(34)32(22-12-8-19(9-13-22)27(35)37-4-2)28(38)31(24)18-21-7-5-6-16-29-21/h5-16,24H,3-4,17-18H2,1-2H3,(H,30,33)/t24-/m1/s1. The zero-order chi connectivity index (χ0) is 27.1. The molecule has 10 heteroatoms. The summed E-state index contributed by atoms with van der Waals surface area (Å²) in [7, 11) is 0. The van der Waals surface area contributed by atoms with E-state index in [1.54, 1.807) is 72.6 Å². The second kappa shape index (κ2) is 12.3. The molecular weight excluding hydrogens is 504 g/mol. The number of carbonyl (C=O) groups excluding carboxylic acids is 3. The van der Waals surface area contributed by atoms with Gasteiger partial charge in [-0.25, -0.2) is 4.79 Å². The van der Waals surface area contributed by atoms with E-state index in [1.807, 2.05) is 19.1 Å². The highest BCUT2D eigenvalue weighted by Gasteiger charge is 2.44. The van der Waals surface area contributed by atoms with Crippen LogP contribution in [0.1, 0.15) is 36.3 Å². The fourth-order valence-electron chi connectivity index (χ4n) is 4.07. The van der Waals surface area contributed by atoms with Crippen LogP contribution in [0.15, 0.2) is 72.9 Å².